The van der Waals surface area contributed by atoms with Crippen LogP contribution in [0.4, 0.5) is 0 Å². The summed E-state index contributed by atoms with van der Waals surface area (Å²) in [5.74, 6) is 0.959. The van der Waals surface area contributed by atoms with Gasteiger partial charge in [-0.1, -0.05) is 23.7 Å². The number of carboxylic acids is 1. The van der Waals surface area contributed by atoms with Crippen LogP contribution in [0.3, 0.4) is 0 Å². The molecule has 3 aromatic heterocycles. The van der Waals surface area contributed by atoms with Crippen LogP contribution in [-0.4, -0.2) is 56.3 Å². The molecule has 0 bridgehead atoms. The minimum Gasteiger partial charge on any atom is -0.478 e. The Morgan fingerprint density at radius 3 is 2.77 bits per heavy atom. The molecule has 2 aliphatic heterocycles. The van der Waals surface area contributed by atoms with E-state index in [4.69, 9.17) is 35.5 Å². The van der Waals surface area contributed by atoms with Crippen molar-refractivity contribution >= 4 is 39.6 Å². The van der Waals surface area contributed by atoms with Crippen LogP contribution in [0, 0.1) is 0 Å². The molecule has 9 nitrogen and oxygen atoms in total. The van der Waals surface area contributed by atoms with Crippen molar-refractivity contribution in [1.29, 1.82) is 0 Å². The number of hydrogen-bond donors (Lipinski definition) is 1. The van der Waals surface area contributed by atoms with E-state index in [9.17, 15) is 9.90 Å². The Balaban J connectivity index is 1.02. The number of hydrogen-bond acceptors (Lipinski definition) is 7. The van der Waals surface area contributed by atoms with E-state index in [1.165, 1.54) is 0 Å². The Bertz CT molecular complexity index is 1770. The molecule has 0 amide bonds. The van der Waals surface area contributed by atoms with Crippen molar-refractivity contribution in [3.8, 4) is 5.88 Å². The SMILES string of the molecule is O=C(O)c1ccc2nc(CN3CCC(c4cccc(OCc5ccc(Cl)c6ccoc56)n4)CC3)n(C[C@@H]3CCCO3)c2c1. The number of imidazole rings is 1. The summed E-state index contributed by atoms with van der Waals surface area (Å²) in [6, 6.07) is 16.8. The molecule has 10 heteroatoms. The Morgan fingerprint density at radius 1 is 1.07 bits per heavy atom. The van der Waals surface area contributed by atoms with Crippen molar-refractivity contribution in [1.82, 2.24) is 19.4 Å². The summed E-state index contributed by atoms with van der Waals surface area (Å²) >= 11 is 6.28. The molecule has 5 heterocycles. The highest BCUT2D eigenvalue weighted by atomic mass is 35.5. The number of ether oxygens (including phenoxy) is 2. The van der Waals surface area contributed by atoms with Gasteiger partial charge < -0.3 is 23.6 Å². The predicted octanol–water partition coefficient (Wildman–Crippen LogP) is 6.67. The van der Waals surface area contributed by atoms with E-state index in [-0.39, 0.29) is 11.7 Å². The second-order valence-electron chi connectivity index (χ2n) is 11.4. The van der Waals surface area contributed by atoms with Crippen molar-refractivity contribution in [2.75, 3.05) is 19.7 Å². The molecule has 2 aliphatic rings. The molecule has 2 fully saturated rings. The maximum absolute atomic E-state index is 11.7. The normalized spacial score (nSPS) is 18.1. The molecule has 7 rings (SSSR count). The van der Waals surface area contributed by atoms with E-state index in [1.807, 2.05) is 36.4 Å². The second kappa shape index (κ2) is 12.0. The summed E-state index contributed by atoms with van der Waals surface area (Å²) in [5.41, 5.74) is 4.66. The fourth-order valence-electron chi connectivity index (χ4n) is 6.30. The average molecular weight is 601 g/mol. The largest absolute Gasteiger partial charge is 0.478 e. The molecule has 0 saturated carbocycles. The Hall–Kier alpha value is -3.92. The van der Waals surface area contributed by atoms with E-state index in [1.54, 1.807) is 18.4 Å². The molecule has 0 aliphatic carbocycles. The van der Waals surface area contributed by atoms with Crippen LogP contribution in [0.2, 0.25) is 5.02 Å². The van der Waals surface area contributed by atoms with Crippen molar-refractivity contribution < 1.29 is 23.8 Å². The van der Waals surface area contributed by atoms with Crippen molar-refractivity contribution in [3.63, 3.8) is 0 Å². The zero-order valence-electron chi connectivity index (χ0n) is 23.7. The van der Waals surface area contributed by atoms with Crippen LogP contribution in [0.25, 0.3) is 22.0 Å². The number of fused-ring (bicyclic) bond motifs is 2. The van der Waals surface area contributed by atoms with Gasteiger partial charge in [-0.25, -0.2) is 14.8 Å². The van der Waals surface area contributed by atoms with Crippen LogP contribution >= 0.6 is 11.6 Å². The van der Waals surface area contributed by atoms with Gasteiger partial charge >= 0.3 is 5.97 Å². The minimum absolute atomic E-state index is 0.126. The number of aromatic nitrogens is 3. The van der Waals surface area contributed by atoms with E-state index < -0.39 is 5.97 Å². The summed E-state index contributed by atoms with van der Waals surface area (Å²) in [4.78, 5) is 23.9. The van der Waals surface area contributed by atoms with Crippen LogP contribution in [0.15, 0.2) is 65.3 Å². The van der Waals surface area contributed by atoms with Gasteiger partial charge in [0, 0.05) is 35.2 Å². The van der Waals surface area contributed by atoms with Crippen LogP contribution in [0.5, 0.6) is 5.88 Å². The molecule has 0 radical (unpaired) electrons. The molecular weight excluding hydrogens is 568 g/mol. The lowest BCUT2D eigenvalue weighted by Gasteiger charge is -2.31. The van der Waals surface area contributed by atoms with Crippen LogP contribution < -0.4 is 4.74 Å². The Kier molecular flexibility index (Phi) is 7.78. The van der Waals surface area contributed by atoms with E-state index in [2.05, 4.69) is 15.5 Å². The van der Waals surface area contributed by atoms with Gasteiger partial charge in [-0.15, -0.1) is 0 Å². The van der Waals surface area contributed by atoms with Gasteiger partial charge in [0.1, 0.15) is 18.0 Å². The lowest BCUT2D eigenvalue weighted by molar-refractivity contribution is 0.0697. The third kappa shape index (κ3) is 5.85. The number of carboxylic acid groups (broad SMARTS) is 1. The third-order valence-electron chi connectivity index (χ3n) is 8.62. The number of rotatable bonds is 9. The van der Waals surface area contributed by atoms with Crippen molar-refractivity contribution in [2.24, 2.45) is 0 Å². The first-order valence-corrected chi connectivity index (χ1v) is 15.2. The quantitative estimate of drug-likeness (QED) is 0.200. The summed E-state index contributed by atoms with van der Waals surface area (Å²) < 4.78 is 19.8. The van der Waals surface area contributed by atoms with Gasteiger partial charge in [0.25, 0.3) is 0 Å². The maximum atomic E-state index is 11.7. The predicted molar refractivity (Wildman–Crippen MR) is 163 cm³/mol. The van der Waals surface area contributed by atoms with Crippen molar-refractivity contribution in [3.05, 3.63) is 88.5 Å². The highest BCUT2D eigenvalue weighted by Crippen LogP contribution is 2.31. The number of aromatic carboxylic acids is 1. The number of furan rings is 1. The molecular formula is C33H33ClN4O5. The number of carbonyl (C=O) groups is 1. The summed E-state index contributed by atoms with van der Waals surface area (Å²) in [5, 5.41) is 11.1. The Morgan fingerprint density at radius 2 is 1.95 bits per heavy atom. The molecule has 5 aromatic rings. The van der Waals surface area contributed by atoms with Gasteiger partial charge in [0.15, 0.2) is 0 Å². The van der Waals surface area contributed by atoms with Gasteiger partial charge in [-0.2, -0.15) is 0 Å². The first-order valence-electron chi connectivity index (χ1n) is 14.8. The zero-order valence-corrected chi connectivity index (χ0v) is 24.5. The average Bonchev–Trinajstić information content (AvgIpc) is 3.79. The standard InChI is InChI=1S/C33H33ClN4O5/c34-26-8-6-23(32-25(26)12-16-42-32)20-43-31-5-1-4-27(36-31)21-10-13-37(14-11-21)19-30-35-28-9-7-22(33(39)40)17-29(28)38(30)18-24-3-2-15-41-24/h1,4-9,12,16-17,21,24H,2-3,10-11,13-15,18-20H2,(H,39,40)/t24-/m0/s1. The van der Waals surface area contributed by atoms with Gasteiger partial charge in [0.2, 0.25) is 5.88 Å². The fraction of sp³-hybridized carbons (Fsp3) is 0.364. The van der Waals surface area contributed by atoms with Crippen LogP contribution in [-0.2, 0) is 24.4 Å². The fourth-order valence-corrected chi connectivity index (χ4v) is 6.51. The lowest BCUT2D eigenvalue weighted by atomic mass is 9.93. The minimum atomic E-state index is -0.932. The number of nitrogens with zero attached hydrogens (tertiary/aromatic N) is 4. The van der Waals surface area contributed by atoms with E-state index >= 15 is 0 Å². The monoisotopic (exact) mass is 600 g/mol. The maximum Gasteiger partial charge on any atom is 0.335 e. The molecule has 1 N–H and O–H groups in total. The molecule has 2 saturated heterocycles. The zero-order chi connectivity index (χ0) is 29.3. The van der Waals surface area contributed by atoms with E-state index in [0.717, 1.165) is 84.5 Å². The topological polar surface area (TPSA) is 103 Å². The molecule has 2 aromatic carbocycles. The van der Waals surface area contributed by atoms with Crippen LogP contribution in [0.1, 0.15) is 59.0 Å². The summed E-state index contributed by atoms with van der Waals surface area (Å²) in [6.07, 6.45) is 5.79. The van der Waals surface area contributed by atoms with Gasteiger partial charge in [-0.05, 0) is 75.2 Å². The van der Waals surface area contributed by atoms with Crippen molar-refractivity contribution in [2.45, 2.75) is 57.4 Å². The summed E-state index contributed by atoms with van der Waals surface area (Å²) in [6.45, 7) is 4.34. The molecule has 0 spiro atoms. The highest BCUT2D eigenvalue weighted by molar-refractivity contribution is 6.35. The first kappa shape index (κ1) is 27.9. The van der Waals surface area contributed by atoms with Gasteiger partial charge in [-0.3, -0.25) is 4.90 Å². The smallest absolute Gasteiger partial charge is 0.335 e. The van der Waals surface area contributed by atoms with Gasteiger partial charge in [0.05, 0.1) is 47.1 Å². The molecule has 43 heavy (non-hydrogen) atoms. The number of benzene rings is 2. The number of piperidine rings is 1. The number of pyridine rings is 1. The number of halogens is 1. The second-order valence-corrected chi connectivity index (χ2v) is 11.8. The lowest BCUT2D eigenvalue weighted by Crippen LogP contribution is -2.34. The Labute approximate surface area is 254 Å². The number of likely N-dealkylation sites (tertiary alicyclic amines) is 1. The highest BCUT2D eigenvalue weighted by Gasteiger charge is 2.25. The third-order valence-corrected chi connectivity index (χ3v) is 8.95. The molecule has 1 atom stereocenters. The first-order chi connectivity index (χ1) is 21.0. The summed E-state index contributed by atoms with van der Waals surface area (Å²) in [7, 11) is 0. The molecule has 222 valence electrons. The van der Waals surface area contributed by atoms with E-state index in [0.29, 0.717) is 36.5 Å². The molecule has 0 unspecified atom stereocenters.